The Bertz CT molecular complexity index is 401. The molecule has 3 N–H and O–H groups in total. The van der Waals surface area contributed by atoms with E-state index in [0.717, 1.165) is 16.4 Å². The Kier molecular flexibility index (Phi) is 3.20. The van der Waals surface area contributed by atoms with Crippen molar-refractivity contribution in [2.75, 3.05) is 0 Å². The van der Waals surface area contributed by atoms with Gasteiger partial charge < -0.3 is 5.73 Å². The van der Waals surface area contributed by atoms with E-state index in [1.165, 1.54) is 0 Å². The highest BCUT2D eigenvalue weighted by Gasteiger charge is 2.37. The lowest BCUT2D eigenvalue weighted by Gasteiger charge is -2.27. The van der Waals surface area contributed by atoms with Crippen LogP contribution in [-0.2, 0) is 11.3 Å². The number of nitrogens with zero attached hydrogens (tertiary/aromatic N) is 2. The molecular weight excluding hydrogens is 319 g/mol. The van der Waals surface area contributed by atoms with Gasteiger partial charge in [0, 0.05) is 12.2 Å². The van der Waals surface area contributed by atoms with E-state index < -0.39 is 5.54 Å². The predicted molar refractivity (Wildman–Crippen MR) is 68.7 cm³/mol. The van der Waals surface area contributed by atoms with Crippen molar-refractivity contribution in [1.29, 1.82) is 0 Å². The van der Waals surface area contributed by atoms with Crippen molar-refractivity contribution in [2.24, 2.45) is 5.73 Å². The van der Waals surface area contributed by atoms with E-state index in [1.807, 2.05) is 13.1 Å². The van der Waals surface area contributed by atoms with Gasteiger partial charge in [0.1, 0.15) is 5.54 Å². The average Bonchev–Trinajstić information content (AvgIpc) is 2.89. The Hall–Kier alpha value is -0.630. The molecule has 6 heteroatoms. The number of carbonyl (C=O) groups excluding carboxylic acids is 1. The van der Waals surface area contributed by atoms with Gasteiger partial charge in [-0.2, -0.15) is 5.10 Å². The number of halogens is 1. The molecule has 1 unspecified atom stereocenters. The van der Waals surface area contributed by atoms with Gasteiger partial charge in [0.05, 0.1) is 16.3 Å². The number of nitrogens with one attached hydrogen (secondary N) is 1. The standard InChI is InChI=1S/C10H15IN4O/c1-10(9(12)16,14-8-2-3-8)6-15-5-7(11)4-13-15/h4-5,8,14H,2-3,6H2,1H3,(H2,12,16). The first kappa shape index (κ1) is 11.8. The van der Waals surface area contributed by atoms with E-state index in [0.29, 0.717) is 12.6 Å². The monoisotopic (exact) mass is 334 g/mol. The van der Waals surface area contributed by atoms with Gasteiger partial charge in [0.2, 0.25) is 5.91 Å². The van der Waals surface area contributed by atoms with Crippen LogP contribution in [0, 0.1) is 3.57 Å². The second-order valence-corrected chi connectivity index (χ2v) is 5.72. The molecule has 1 saturated carbocycles. The van der Waals surface area contributed by atoms with E-state index in [4.69, 9.17) is 5.73 Å². The molecule has 88 valence electrons. The van der Waals surface area contributed by atoms with Gasteiger partial charge in [-0.3, -0.25) is 14.8 Å². The summed E-state index contributed by atoms with van der Waals surface area (Å²) in [5.41, 5.74) is 4.75. The second kappa shape index (κ2) is 4.33. The van der Waals surface area contributed by atoms with Crippen LogP contribution in [0.15, 0.2) is 12.4 Å². The minimum atomic E-state index is -0.712. The van der Waals surface area contributed by atoms with Crippen molar-refractivity contribution in [3.05, 3.63) is 16.0 Å². The number of amides is 1. The van der Waals surface area contributed by atoms with Gasteiger partial charge in [0.15, 0.2) is 0 Å². The van der Waals surface area contributed by atoms with Crippen LogP contribution in [0.25, 0.3) is 0 Å². The summed E-state index contributed by atoms with van der Waals surface area (Å²) in [4.78, 5) is 11.5. The number of nitrogens with two attached hydrogens (primary N) is 1. The van der Waals surface area contributed by atoms with Gasteiger partial charge >= 0.3 is 0 Å². The van der Waals surface area contributed by atoms with Gasteiger partial charge in [-0.15, -0.1) is 0 Å². The zero-order valence-corrected chi connectivity index (χ0v) is 11.3. The number of rotatable bonds is 5. The van der Waals surface area contributed by atoms with Crippen LogP contribution in [0.5, 0.6) is 0 Å². The molecule has 2 rings (SSSR count). The maximum absolute atomic E-state index is 11.5. The predicted octanol–water partition coefficient (Wildman–Crippen LogP) is 0.484. The average molecular weight is 334 g/mol. The molecule has 0 radical (unpaired) electrons. The molecule has 0 aliphatic heterocycles. The Balaban J connectivity index is 2.09. The normalized spacial score (nSPS) is 19.4. The van der Waals surface area contributed by atoms with Crippen molar-refractivity contribution >= 4 is 28.5 Å². The lowest BCUT2D eigenvalue weighted by molar-refractivity contribution is -0.124. The van der Waals surface area contributed by atoms with Gasteiger partial charge in [-0.05, 0) is 42.4 Å². The molecule has 1 fully saturated rings. The van der Waals surface area contributed by atoms with Gasteiger partial charge in [-0.1, -0.05) is 0 Å². The van der Waals surface area contributed by atoms with Crippen LogP contribution in [0.2, 0.25) is 0 Å². The van der Waals surface area contributed by atoms with Gasteiger partial charge in [-0.25, -0.2) is 0 Å². The summed E-state index contributed by atoms with van der Waals surface area (Å²) in [5, 5.41) is 7.46. The summed E-state index contributed by atoms with van der Waals surface area (Å²) < 4.78 is 2.80. The molecule has 1 aromatic rings. The summed E-state index contributed by atoms with van der Waals surface area (Å²) in [6.45, 7) is 2.31. The summed E-state index contributed by atoms with van der Waals surface area (Å²) in [6.07, 6.45) is 5.91. The maximum atomic E-state index is 11.5. The molecule has 0 aromatic carbocycles. The minimum absolute atomic E-state index is 0.329. The molecule has 1 amide bonds. The summed E-state index contributed by atoms with van der Waals surface area (Å²) >= 11 is 2.19. The van der Waals surface area contributed by atoms with Crippen LogP contribution in [0.4, 0.5) is 0 Å². The Morgan fingerprint density at radius 3 is 2.94 bits per heavy atom. The van der Waals surface area contributed by atoms with Crippen molar-refractivity contribution in [2.45, 2.75) is 37.9 Å². The van der Waals surface area contributed by atoms with Crippen molar-refractivity contribution < 1.29 is 4.79 Å². The topological polar surface area (TPSA) is 72.9 Å². The van der Waals surface area contributed by atoms with Crippen molar-refractivity contribution in [3.8, 4) is 0 Å². The zero-order valence-electron chi connectivity index (χ0n) is 9.11. The van der Waals surface area contributed by atoms with E-state index in [2.05, 4.69) is 33.0 Å². The first-order valence-electron chi connectivity index (χ1n) is 5.25. The highest BCUT2D eigenvalue weighted by molar-refractivity contribution is 14.1. The quantitative estimate of drug-likeness (QED) is 0.770. The molecule has 0 saturated heterocycles. The molecule has 1 aliphatic carbocycles. The molecule has 1 atom stereocenters. The first-order chi connectivity index (χ1) is 7.49. The van der Waals surface area contributed by atoms with E-state index in [1.54, 1.807) is 10.9 Å². The lowest BCUT2D eigenvalue weighted by Crippen LogP contribution is -2.56. The Morgan fingerprint density at radius 1 is 1.81 bits per heavy atom. The number of carbonyl (C=O) groups is 1. The van der Waals surface area contributed by atoms with E-state index >= 15 is 0 Å². The lowest BCUT2D eigenvalue weighted by atomic mass is 10.0. The molecule has 0 bridgehead atoms. The van der Waals surface area contributed by atoms with Crippen molar-refractivity contribution in [1.82, 2.24) is 15.1 Å². The number of hydrogen-bond acceptors (Lipinski definition) is 3. The fraction of sp³-hybridized carbons (Fsp3) is 0.600. The minimum Gasteiger partial charge on any atom is -0.368 e. The van der Waals surface area contributed by atoms with Crippen molar-refractivity contribution in [3.63, 3.8) is 0 Å². The number of hydrogen-bond donors (Lipinski definition) is 2. The largest absolute Gasteiger partial charge is 0.368 e. The number of primary amides is 1. The summed E-state index contributed by atoms with van der Waals surface area (Å²) in [7, 11) is 0. The Labute approximate surface area is 108 Å². The first-order valence-corrected chi connectivity index (χ1v) is 6.33. The SMILES string of the molecule is CC(Cn1cc(I)cn1)(NC1CC1)C(N)=O. The second-order valence-electron chi connectivity index (χ2n) is 4.47. The zero-order chi connectivity index (χ0) is 11.8. The summed E-state index contributed by atoms with van der Waals surface area (Å²) in [5.74, 6) is -0.329. The van der Waals surface area contributed by atoms with Crippen LogP contribution in [-0.4, -0.2) is 27.3 Å². The third kappa shape index (κ3) is 2.73. The third-order valence-electron chi connectivity index (χ3n) is 2.72. The number of aromatic nitrogens is 2. The molecular formula is C10H15IN4O. The van der Waals surface area contributed by atoms with E-state index in [-0.39, 0.29) is 5.91 Å². The Morgan fingerprint density at radius 2 is 2.50 bits per heavy atom. The highest BCUT2D eigenvalue weighted by Crippen LogP contribution is 2.23. The van der Waals surface area contributed by atoms with Crippen LogP contribution < -0.4 is 11.1 Å². The smallest absolute Gasteiger partial charge is 0.239 e. The maximum Gasteiger partial charge on any atom is 0.239 e. The molecule has 16 heavy (non-hydrogen) atoms. The fourth-order valence-electron chi connectivity index (χ4n) is 1.62. The molecule has 5 nitrogen and oxygen atoms in total. The molecule has 1 aromatic heterocycles. The molecule has 1 heterocycles. The highest BCUT2D eigenvalue weighted by atomic mass is 127. The third-order valence-corrected chi connectivity index (χ3v) is 3.28. The molecule has 1 aliphatic rings. The van der Waals surface area contributed by atoms with E-state index in [9.17, 15) is 4.79 Å². The fourth-order valence-corrected chi connectivity index (χ4v) is 2.07. The van der Waals surface area contributed by atoms with Crippen LogP contribution in [0.3, 0.4) is 0 Å². The van der Waals surface area contributed by atoms with Crippen LogP contribution >= 0.6 is 22.6 Å². The van der Waals surface area contributed by atoms with Gasteiger partial charge in [0.25, 0.3) is 0 Å². The summed E-state index contributed by atoms with van der Waals surface area (Å²) in [6, 6.07) is 0.437. The van der Waals surface area contributed by atoms with Crippen LogP contribution in [0.1, 0.15) is 19.8 Å². The molecule has 0 spiro atoms.